The van der Waals surface area contributed by atoms with Gasteiger partial charge in [-0.25, -0.2) is 18.3 Å². The molecular weight excluding hydrogens is 388 g/mol. The number of amides is 1. The zero-order valence-corrected chi connectivity index (χ0v) is 17.4. The first-order valence-corrected chi connectivity index (χ1v) is 10.1. The average molecular weight is 413 g/mol. The van der Waals surface area contributed by atoms with Gasteiger partial charge in [-0.3, -0.25) is 9.69 Å². The minimum Gasteiger partial charge on any atom is -0.349 e. The molecule has 0 spiro atoms. The Morgan fingerprint density at radius 3 is 2.57 bits per heavy atom. The molecule has 1 aliphatic rings. The predicted molar refractivity (Wildman–Crippen MR) is 109 cm³/mol. The standard InChI is InChI=1S/C22H25F2N5O/c1-13-10-14(2)29-21(25-13)20(15(3)27-29)22(30)26-17-6-8-28(9-7-17)12-16-4-5-18(23)19(24)11-16/h4-5,10-11,17H,6-9,12H2,1-3H3,(H,26,30). The van der Waals surface area contributed by atoms with E-state index in [4.69, 9.17) is 0 Å². The van der Waals surface area contributed by atoms with Crippen molar-refractivity contribution >= 4 is 11.6 Å². The van der Waals surface area contributed by atoms with E-state index in [1.54, 1.807) is 10.6 Å². The second-order valence-corrected chi connectivity index (χ2v) is 8.01. The monoisotopic (exact) mass is 413 g/mol. The molecule has 1 amide bonds. The molecule has 4 rings (SSSR count). The Morgan fingerprint density at radius 2 is 1.87 bits per heavy atom. The number of hydrogen-bond donors (Lipinski definition) is 1. The van der Waals surface area contributed by atoms with Crippen molar-refractivity contribution in [3.05, 3.63) is 64.1 Å². The van der Waals surface area contributed by atoms with Crippen LogP contribution in [-0.4, -0.2) is 44.5 Å². The number of carbonyl (C=O) groups is 1. The zero-order chi connectivity index (χ0) is 21.4. The van der Waals surface area contributed by atoms with Gasteiger partial charge in [-0.05, 0) is 57.4 Å². The lowest BCUT2D eigenvalue weighted by Crippen LogP contribution is -2.44. The molecule has 1 aromatic carbocycles. The molecule has 0 radical (unpaired) electrons. The number of hydrogen-bond acceptors (Lipinski definition) is 4. The van der Waals surface area contributed by atoms with Gasteiger partial charge in [0.25, 0.3) is 5.91 Å². The maximum atomic E-state index is 13.4. The Bertz CT molecular complexity index is 1100. The van der Waals surface area contributed by atoms with Crippen molar-refractivity contribution in [1.82, 2.24) is 24.8 Å². The smallest absolute Gasteiger partial charge is 0.257 e. The van der Waals surface area contributed by atoms with Crippen LogP contribution in [0.15, 0.2) is 24.3 Å². The first-order chi connectivity index (χ1) is 14.3. The summed E-state index contributed by atoms with van der Waals surface area (Å²) in [4.78, 5) is 19.7. The Labute approximate surface area is 173 Å². The van der Waals surface area contributed by atoms with E-state index in [1.807, 2.05) is 26.8 Å². The van der Waals surface area contributed by atoms with E-state index < -0.39 is 11.6 Å². The normalized spacial score (nSPS) is 15.6. The van der Waals surface area contributed by atoms with Gasteiger partial charge in [-0.2, -0.15) is 5.10 Å². The van der Waals surface area contributed by atoms with Crippen molar-refractivity contribution < 1.29 is 13.6 Å². The third kappa shape index (κ3) is 4.05. The molecule has 6 nitrogen and oxygen atoms in total. The summed E-state index contributed by atoms with van der Waals surface area (Å²) < 4.78 is 28.2. The van der Waals surface area contributed by atoms with E-state index in [2.05, 4.69) is 20.3 Å². The van der Waals surface area contributed by atoms with E-state index in [1.165, 1.54) is 6.07 Å². The second kappa shape index (κ2) is 8.10. The number of nitrogens with one attached hydrogen (secondary N) is 1. The number of nitrogens with zero attached hydrogens (tertiary/aromatic N) is 4. The SMILES string of the molecule is Cc1cc(C)n2nc(C)c(C(=O)NC3CCN(Cc4ccc(F)c(F)c4)CC3)c2n1. The van der Waals surface area contributed by atoms with Crippen molar-refractivity contribution in [2.75, 3.05) is 13.1 Å². The van der Waals surface area contributed by atoms with Crippen molar-refractivity contribution in [3.8, 4) is 0 Å². The summed E-state index contributed by atoms with van der Waals surface area (Å²) in [6.07, 6.45) is 1.58. The van der Waals surface area contributed by atoms with Crippen molar-refractivity contribution in [2.24, 2.45) is 0 Å². The molecule has 0 unspecified atom stereocenters. The first kappa shape index (κ1) is 20.4. The summed E-state index contributed by atoms with van der Waals surface area (Å²) in [6.45, 7) is 7.77. The zero-order valence-electron chi connectivity index (χ0n) is 17.4. The van der Waals surface area contributed by atoms with Crippen molar-refractivity contribution in [1.29, 1.82) is 0 Å². The molecule has 1 aliphatic heterocycles. The molecule has 8 heteroatoms. The summed E-state index contributed by atoms with van der Waals surface area (Å²) in [5.41, 5.74) is 4.29. The third-order valence-electron chi connectivity index (χ3n) is 5.61. The summed E-state index contributed by atoms with van der Waals surface area (Å²) in [6, 6.07) is 6.00. The molecule has 1 saturated heterocycles. The molecule has 30 heavy (non-hydrogen) atoms. The molecule has 0 aliphatic carbocycles. The maximum absolute atomic E-state index is 13.4. The predicted octanol–water partition coefficient (Wildman–Crippen LogP) is 3.33. The molecule has 0 saturated carbocycles. The van der Waals surface area contributed by atoms with Gasteiger partial charge in [0.1, 0.15) is 5.56 Å². The van der Waals surface area contributed by atoms with Crippen LogP contribution in [0.25, 0.3) is 5.65 Å². The fourth-order valence-electron chi connectivity index (χ4n) is 4.08. The second-order valence-electron chi connectivity index (χ2n) is 8.01. The Balaban J connectivity index is 1.39. The summed E-state index contributed by atoms with van der Waals surface area (Å²) in [5, 5.41) is 7.59. The highest BCUT2D eigenvalue weighted by atomic mass is 19.2. The molecule has 3 aromatic rings. The highest BCUT2D eigenvalue weighted by Crippen LogP contribution is 2.19. The van der Waals surface area contributed by atoms with E-state index in [0.29, 0.717) is 23.4 Å². The van der Waals surface area contributed by atoms with Crippen molar-refractivity contribution in [2.45, 2.75) is 46.2 Å². The number of halogens is 2. The maximum Gasteiger partial charge on any atom is 0.257 e. The van der Waals surface area contributed by atoms with Gasteiger partial charge in [-0.1, -0.05) is 6.07 Å². The van der Waals surface area contributed by atoms with E-state index >= 15 is 0 Å². The number of aromatic nitrogens is 3. The molecule has 1 N–H and O–H groups in total. The largest absolute Gasteiger partial charge is 0.349 e. The molecular formula is C22H25F2N5O. The van der Waals surface area contributed by atoms with E-state index in [-0.39, 0.29) is 11.9 Å². The molecule has 0 bridgehead atoms. The third-order valence-corrected chi connectivity index (χ3v) is 5.61. The summed E-state index contributed by atoms with van der Waals surface area (Å²) in [5.74, 6) is -1.81. The topological polar surface area (TPSA) is 62.5 Å². The number of aryl methyl sites for hydroxylation is 3. The number of likely N-dealkylation sites (tertiary alicyclic amines) is 1. The van der Waals surface area contributed by atoms with E-state index in [0.717, 1.165) is 48.9 Å². The number of carbonyl (C=O) groups excluding carboxylic acids is 1. The quantitative estimate of drug-likeness (QED) is 0.713. The minimum absolute atomic E-state index is 0.0546. The molecule has 0 atom stereocenters. The number of rotatable bonds is 4. The van der Waals surface area contributed by atoms with Crippen LogP contribution in [0.5, 0.6) is 0 Å². The van der Waals surface area contributed by atoms with Gasteiger partial charge in [0, 0.05) is 37.1 Å². The van der Waals surface area contributed by atoms with E-state index in [9.17, 15) is 13.6 Å². The van der Waals surface area contributed by atoms with Gasteiger partial charge >= 0.3 is 0 Å². The molecule has 1 fully saturated rings. The minimum atomic E-state index is -0.831. The van der Waals surface area contributed by atoms with Crippen LogP contribution >= 0.6 is 0 Å². The fourth-order valence-corrected chi connectivity index (χ4v) is 4.08. The van der Waals surface area contributed by atoms with Crippen LogP contribution in [0.4, 0.5) is 8.78 Å². The Morgan fingerprint density at radius 1 is 1.13 bits per heavy atom. The first-order valence-electron chi connectivity index (χ1n) is 10.1. The lowest BCUT2D eigenvalue weighted by molar-refractivity contribution is 0.0909. The summed E-state index contributed by atoms with van der Waals surface area (Å²) >= 11 is 0. The van der Waals surface area contributed by atoms with Gasteiger partial charge in [0.2, 0.25) is 0 Å². The van der Waals surface area contributed by atoms with Gasteiger partial charge in [0.15, 0.2) is 17.3 Å². The number of piperidine rings is 1. The Hall–Kier alpha value is -2.87. The van der Waals surface area contributed by atoms with Crippen molar-refractivity contribution in [3.63, 3.8) is 0 Å². The fraction of sp³-hybridized carbons (Fsp3) is 0.409. The van der Waals surface area contributed by atoms with Gasteiger partial charge in [0.05, 0.1) is 5.69 Å². The molecule has 3 heterocycles. The van der Waals surface area contributed by atoms with Gasteiger partial charge < -0.3 is 5.32 Å². The lowest BCUT2D eigenvalue weighted by atomic mass is 10.0. The van der Waals surface area contributed by atoms with Crippen LogP contribution in [0.3, 0.4) is 0 Å². The van der Waals surface area contributed by atoms with Crippen LogP contribution in [0.2, 0.25) is 0 Å². The van der Waals surface area contributed by atoms with Crippen LogP contribution in [0, 0.1) is 32.4 Å². The van der Waals surface area contributed by atoms with Crippen LogP contribution in [-0.2, 0) is 6.54 Å². The van der Waals surface area contributed by atoms with Gasteiger partial charge in [-0.15, -0.1) is 0 Å². The van der Waals surface area contributed by atoms with Crippen LogP contribution < -0.4 is 5.32 Å². The molecule has 158 valence electrons. The molecule has 2 aromatic heterocycles. The Kier molecular flexibility index (Phi) is 5.51. The summed E-state index contributed by atoms with van der Waals surface area (Å²) in [7, 11) is 0. The highest BCUT2D eigenvalue weighted by molar-refractivity contribution is 6.01. The van der Waals surface area contributed by atoms with Crippen LogP contribution in [0.1, 0.15) is 45.8 Å². The number of benzene rings is 1. The number of fused-ring (bicyclic) bond motifs is 1. The lowest BCUT2D eigenvalue weighted by Gasteiger charge is -2.32. The highest BCUT2D eigenvalue weighted by Gasteiger charge is 2.25. The average Bonchev–Trinajstić information content (AvgIpc) is 3.02.